The van der Waals surface area contributed by atoms with Crippen LogP contribution < -0.4 is 9.47 Å². The number of nitrogens with zero attached hydrogens (tertiary/aromatic N) is 1. The predicted molar refractivity (Wildman–Crippen MR) is 79.1 cm³/mol. The fourth-order valence-corrected chi connectivity index (χ4v) is 2.96. The van der Waals surface area contributed by atoms with Gasteiger partial charge in [0.2, 0.25) is 0 Å². The standard InChI is InChI=1S/C16H21NO5/c1-16(21-13-4-2-3-5-14(13)22-16)12(15(18)19)6-7-17-8-10-20-11-9-17/h2-5,12H,6-11H2,1H3,(H,18,19). The first-order valence-corrected chi connectivity index (χ1v) is 7.58. The lowest BCUT2D eigenvalue weighted by Crippen LogP contribution is -2.49. The summed E-state index contributed by atoms with van der Waals surface area (Å²) in [5.74, 6) is -1.60. The summed E-state index contributed by atoms with van der Waals surface area (Å²) in [4.78, 5) is 13.9. The molecule has 0 spiro atoms. The lowest BCUT2D eigenvalue weighted by atomic mass is 9.95. The monoisotopic (exact) mass is 307 g/mol. The van der Waals surface area contributed by atoms with Gasteiger partial charge in [-0.05, 0) is 25.1 Å². The van der Waals surface area contributed by atoms with Crippen molar-refractivity contribution >= 4 is 5.97 Å². The maximum absolute atomic E-state index is 11.7. The highest BCUT2D eigenvalue weighted by molar-refractivity contribution is 5.71. The van der Waals surface area contributed by atoms with Gasteiger partial charge in [-0.1, -0.05) is 12.1 Å². The van der Waals surface area contributed by atoms with Gasteiger partial charge in [-0.25, -0.2) is 0 Å². The second-order valence-electron chi connectivity index (χ2n) is 5.80. The molecule has 22 heavy (non-hydrogen) atoms. The van der Waals surface area contributed by atoms with E-state index in [0.29, 0.717) is 37.7 Å². The number of hydrogen-bond donors (Lipinski definition) is 1. The average molecular weight is 307 g/mol. The first-order valence-electron chi connectivity index (χ1n) is 7.58. The van der Waals surface area contributed by atoms with Gasteiger partial charge in [0.15, 0.2) is 11.5 Å². The molecule has 2 heterocycles. The molecule has 1 saturated heterocycles. The van der Waals surface area contributed by atoms with Gasteiger partial charge in [0.25, 0.3) is 5.79 Å². The lowest BCUT2D eigenvalue weighted by molar-refractivity contribution is -0.167. The summed E-state index contributed by atoms with van der Waals surface area (Å²) in [6, 6.07) is 7.28. The Balaban J connectivity index is 1.67. The number of aliphatic carboxylic acids is 1. The molecule has 0 bridgehead atoms. The van der Waals surface area contributed by atoms with E-state index in [-0.39, 0.29) is 0 Å². The van der Waals surface area contributed by atoms with E-state index in [0.717, 1.165) is 13.1 Å². The van der Waals surface area contributed by atoms with E-state index < -0.39 is 17.7 Å². The summed E-state index contributed by atoms with van der Waals surface area (Å²) in [5, 5.41) is 9.60. The normalized spacial score (nSPS) is 21.5. The Morgan fingerprint density at radius 2 is 1.86 bits per heavy atom. The zero-order valence-corrected chi connectivity index (χ0v) is 12.7. The number of para-hydroxylation sites is 2. The SMILES string of the molecule is CC1(C(CCN2CCOCC2)C(=O)O)Oc2ccccc2O1. The molecule has 6 heteroatoms. The minimum Gasteiger partial charge on any atom is -0.481 e. The highest BCUT2D eigenvalue weighted by Crippen LogP contribution is 2.42. The van der Waals surface area contributed by atoms with E-state index in [1.165, 1.54) is 0 Å². The minimum absolute atomic E-state index is 0.472. The lowest BCUT2D eigenvalue weighted by Gasteiger charge is -2.32. The highest BCUT2D eigenvalue weighted by atomic mass is 16.7. The minimum atomic E-state index is -1.16. The second-order valence-corrected chi connectivity index (χ2v) is 5.80. The number of ether oxygens (including phenoxy) is 3. The zero-order chi connectivity index (χ0) is 15.6. The van der Waals surface area contributed by atoms with E-state index in [1.54, 1.807) is 19.1 Å². The van der Waals surface area contributed by atoms with Crippen molar-refractivity contribution in [2.75, 3.05) is 32.8 Å². The first-order chi connectivity index (χ1) is 10.6. The van der Waals surface area contributed by atoms with Crippen molar-refractivity contribution in [1.29, 1.82) is 0 Å². The van der Waals surface area contributed by atoms with Gasteiger partial charge in [-0.15, -0.1) is 0 Å². The molecular formula is C16H21NO5. The van der Waals surface area contributed by atoms with Crippen molar-refractivity contribution in [2.45, 2.75) is 19.1 Å². The van der Waals surface area contributed by atoms with Crippen LogP contribution in [0.5, 0.6) is 11.5 Å². The van der Waals surface area contributed by atoms with Crippen molar-refractivity contribution in [2.24, 2.45) is 5.92 Å². The largest absolute Gasteiger partial charge is 0.481 e. The smallest absolute Gasteiger partial charge is 0.314 e. The van der Waals surface area contributed by atoms with E-state index in [2.05, 4.69) is 4.90 Å². The van der Waals surface area contributed by atoms with Crippen molar-refractivity contribution < 1.29 is 24.1 Å². The molecule has 3 rings (SSSR count). The van der Waals surface area contributed by atoms with E-state index in [1.807, 2.05) is 12.1 Å². The number of carbonyl (C=O) groups is 1. The van der Waals surface area contributed by atoms with Crippen LogP contribution >= 0.6 is 0 Å². The molecule has 0 saturated carbocycles. The summed E-state index contributed by atoms with van der Waals surface area (Å²) >= 11 is 0. The zero-order valence-electron chi connectivity index (χ0n) is 12.7. The molecule has 1 aromatic carbocycles. The van der Waals surface area contributed by atoms with Crippen molar-refractivity contribution in [1.82, 2.24) is 4.90 Å². The summed E-state index contributed by atoms with van der Waals surface area (Å²) in [6.07, 6.45) is 0.472. The highest BCUT2D eigenvalue weighted by Gasteiger charge is 2.48. The van der Waals surface area contributed by atoms with Gasteiger partial charge in [-0.3, -0.25) is 9.69 Å². The van der Waals surface area contributed by atoms with Crippen LogP contribution in [-0.4, -0.2) is 54.6 Å². The Morgan fingerprint density at radius 1 is 1.27 bits per heavy atom. The van der Waals surface area contributed by atoms with Crippen LogP contribution in [0.1, 0.15) is 13.3 Å². The Hall–Kier alpha value is -1.79. The van der Waals surface area contributed by atoms with Crippen LogP contribution in [0.25, 0.3) is 0 Å². The van der Waals surface area contributed by atoms with Crippen molar-refractivity contribution in [3.05, 3.63) is 24.3 Å². The third-order valence-electron chi connectivity index (χ3n) is 4.24. The van der Waals surface area contributed by atoms with Gasteiger partial charge in [0, 0.05) is 20.0 Å². The fraction of sp³-hybridized carbons (Fsp3) is 0.562. The molecule has 1 aromatic rings. The van der Waals surface area contributed by atoms with Crippen LogP contribution in [0.2, 0.25) is 0 Å². The van der Waals surface area contributed by atoms with E-state index >= 15 is 0 Å². The molecule has 0 aliphatic carbocycles. The number of benzene rings is 1. The summed E-state index contributed by atoms with van der Waals surface area (Å²) in [7, 11) is 0. The number of carboxylic acid groups (broad SMARTS) is 1. The molecular weight excluding hydrogens is 286 g/mol. The Morgan fingerprint density at radius 3 is 2.41 bits per heavy atom. The summed E-state index contributed by atoms with van der Waals surface area (Å²) < 4.78 is 16.9. The molecule has 1 N–H and O–H groups in total. The third-order valence-corrected chi connectivity index (χ3v) is 4.24. The number of fused-ring (bicyclic) bond motifs is 1. The first kappa shape index (κ1) is 15.1. The van der Waals surface area contributed by atoms with Gasteiger partial charge in [-0.2, -0.15) is 0 Å². The third kappa shape index (κ3) is 3.03. The predicted octanol–water partition coefficient (Wildman–Crippen LogP) is 1.60. The number of morpholine rings is 1. The molecule has 0 amide bonds. The van der Waals surface area contributed by atoms with E-state index in [4.69, 9.17) is 14.2 Å². The number of hydrogen-bond acceptors (Lipinski definition) is 5. The van der Waals surface area contributed by atoms with Gasteiger partial charge in [0.05, 0.1) is 13.2 Å². The fourth-order valence-electron chi connectivity index (χ4n) is 2.96. The topological polar surface area (TPSA) is 68.2 Å². The molecule has 1 unspecified atom stereocenters. The Kier molecular flexibility index (Phi) is 4.22. The molecule has 2 aliphatic rings. The van der Waals surface area contributed by atoms with Gasteiger partial charge in [0.1, 0.15) is 5.92 Å². The maximum atomic E-state index is 11.7. The van der Waals surface area contributed by atoms with Crippen LogP contribution in [0, 0.1) is 5.92 Å². The molecule has 0 aromatic heterocycles. The maximum Gasteiger partial charge on any atom is 0.314 e. The Labute approximate surface area is 129 Å². The molecule has 1 atom stereocenters. The second kappa shape index (κ2) is 6.14. The average Bonchev–Trinajstić information content (AvgIpc) is 2.85. The summed E-state index contributed by atoms with van der Waals surface area (Å²) in [6.45, 7) is 5.47. The number of rotatable bonds is 5. The van der Waals surface area contributed by atoms with Crippen molar-refractivity contribution in [3.63, 3.8) is 0 Å². The van der Waals surface area contributed by atoms with Crippen LogP contribution in [0.4, 0.5) is 0 Å². The van der Waals surface area contributed by atoms with Gasteiger partial charge >= 0.3 is 5.97 Å². The quantitative estimate of drug-likeness (QED) is 0.891. The van der Waals surface area contributed by atoms with E-state index in [9.17, 15) is 9.90 Å². The molecule has 1 fully saturated rings. The summed E-state index contributed by atoms with van der Waals surface area (Å²) in [5.41, 5.74) is 0. The molecule has 120 valence electrons. The Bertz CT molecular complexity index is 516. The molecule has 2 aliphatic heterocycles. The van der Waals surface area contributed by atoms with Crippen LogP contribution in [-0.2, 0) is 9.53 Å². The molecule has 0 radical (unpaired) electrons. The number of carboxylic acids is 1. The van der Waals surface area contributed by atoms with Crippen molar-refractivity contribution in [3.8, 4) is 11.5 Å². The molecule has 6 nitrogen and oxygen atoms in total. The van der Waals surface area contributed by atoms with Crippen LogP contribution in [0.15, 0.2) is 24.3 Å². The van der Waals surface area contributed by atoms with Gasteiger partial charge < -0.3 is 19.3 Å². The van der Waals surface area contributed by atoms with Crippen LogP contribution in [0.3, 0.4) is 0 Å².